The van der Waals surface area contributed by atoms with E-state index in [1.807, 2.05) is 24.3 Å². The molecule has 1 aromatic rings. The van der Waals surface area contributed by atoms with Gasteiger partial charge in [-0.2, -0.15) is 0 Å². The van der Waals surface area contributed by atoms with E-state index in [4.69, 9.17) is 17.3 Å². The highest BCUT2D eigenvalue weighted by atomic mass is 35.5. The van der Waals surface area contributed by atoms with E-state index >= 15 is 0 Å². The summed E-state index contributed by atoms with van der Waals surface area (Å²) < 4.78 is 0. The molecule has 1 atom stereocenters. The van der Waals surface area contributed by atoms with Crippen LogP contribution in [0.5, 0.6) is 0 Å². The fourth-order valence-electron chi connectivity index (χ4n) is 1.13. The minimum atomic E-state index is 0.237. The predicted octanol–water partition coefficient (Wildman–Crippen LogP) is 2.87. The van der Waals surface area contributed by atoms with Crippen LogP contribution in [-0.2, 0) is 6.42 Å². The molecule has 13 heavy (non-hydrogen) atoms. The SMILES string of the molecule is CC(C)[C@@H](N)Cc1ccc(Cl)cc1. The van der Waals surface area contributed by atoms with Crippen molar-refractivity contribution >= 4 is 11.6 Å². The zero-order chi connectivity index (χ0) is 9.84. The molecule has 0 radical (unpaired) electrons. The topological polar surface area (TPSA) is 26.0 Å². The van der Waals surface area contributed by atoms with Gasteiger partial charge < -0.3 is 5.73 Å². The third-order valence-electron chi connectivity index (χ3n) is 2.24. The number of hydrogen-bond donors (Lipinski definition) is 1. The molecule has 0 aliphatic heterocycles. The van der Waals surface area contributed by atoms with Crippen LogP contribution in [0, 0.1) is 5.92 Å². The van der Waals surface area contributed by atoms with Crippen molar-refractivity contribution in [1.82, 2.24) is 0 Å². The van der Waals surface area contributed by atoms with E-state index in [9.17, 15) is 0 Å². The highest BCUT2D eigenvalue weighted by Gasteiger charge is 2.07. The molecule has 72 valence electrons. The van der Waals surface area contributed by atoms with Crippen molar-refractivity contribution in [3.63, 3.8) is 0 Å². The van der Waals surface area contributed by atoms with Crippen LogP contribution in [0.2, 0.25) is 5.02 Å². The molecule has 0 aliphatic rings. The van der Waals surface area contributed by atoms with Crippen LogP contribution in [0.4, 0.5) is 0 Å². The lowest BCUT2D eigenvalue weighted by atomic mass is 9.97. The third kappa shape index (κ3) is 3.37. The van der Waals surface area contributed by atoms with Gasteiger partial charge in [-0.05, 0) is 30.0 Å². The lowest BCUT2D eigenvalue weighted by Crippen LogP contribution is -2.28. The van der Waals surface area contributed by atoms with Crippen molar-refractivity contribution in [2.45, 2.75) is 26.3 Å². The van der Waals surface area contributed by atoms with Gasteiger partial charge in [0, 0.05) is 11.1 Å². The van der Waals surface area contributed by atoms with Crippen LogP contribution >= 0.6 is 11.6 Å². The molecule has 1 rings (SSSR count). The standard InChI is InChI=1S/C11H16ClN/c1-8(2)11(13)7-9-3-5-10(12)6-4-9/h3-6,8,11H,7,13H2,1-2H3/t11-/m0/s1. The zero-order valence-electron chi connectivity index (χ0n) is 8.13. The summed E-state index contributed by atoms with van der Waals surface area (Å²) in [6.07, 6.45) is 0.925. The minimum Gasteiger partial charge on any atom is -0.327 e. The number of benzene rings is 1. The summed E-state index contributed by atoms with van der Waals surface area (Å²) in [6, 6.07) is 8.12. The van der Waals surface area contributed by atoms with E-state index in [-0.39, 0.29) is 6.04 Å². The first kappa shape index (κ1) is 10.6. The van der Waals surface area contributed by atoms with Crippen molar-refractivity contribution in [3.05, 3.63) is 34.9 Å². The minimum absolute atomic E-state index is 0.237. The predicted molar refractivity (Wildman–Crippen MR) is 58.0 cm³/mol. The Morgan fingerprint density at radius 1 is 1.23 bits per heavy atom. The van der Waals surface area contributed by atoms with Gasteiger partial charge in [-0.3, -0.25) is 0 Å². The normalized spacial score (nSPS) is 13.3. The summed E-state index contributed by atoms with van der Waals surface area (Å²) in [6.45, 7) is 4.28. The van der Waals surface area contributed by atoms with Crippen molar-refractivity contribution in [1.29, 1.82) is 0 Å². The third-order valence-corrected chi connectivity index (χ3v) is 2.49. The molecule has 0 unspecified atom stereocenters. The Labute approximate surface area is 84.9 Å². The van der Waals surface area contributed by atoms with E-state index in [1.165, 1.54) is 5.56 Å². The van der Waals surface area contributed by atoms with Gasteiger partial charge in [0.25, 0.3) is 0 Å². The molecular formula is C11H16ClN. The zero-order valence-corrected chi connectivity index (χ0v) is 8.88. The van der Waals surface area contributed by atoms with Crippen LogP contribution < -0.4 is 5.73 Å². The Hall–Kier alpha value is -0.530. The highest BCUT2D eigenvalue weighted by molar-refractivity contribution is 6.30. The van der Waals surface area contributed by atoms with E-state index in [0.717, 1.165) is 11.4 Å². The summed E-state index contributed by atoms with van der Waals surface area (Å²) >= 11 is 5.78. The Morgan fingerprint density at radius 2 is 1.77 bits per heavy atom. The molecule has 0 bridgehead atoms. The number of hydrogen-bond acceptors (Lipinski definition) is 1. The average molecular weight is 198 g/mol. The maximum Gasteiger partial charge on any atom is 0.0406 e. The van der Waals surface area contributed by atoms with E-state index < -0.39 is 0 Å². The van der Waals surface area contributed by atoms with Gasteiger partial charge in [0.2, 0.25) is 0 Å². The molecular weight excluding hydrogens is 182 g/mol. The van der Waals surface area contributed by atoms with Crippen LogP contribution in [0.25, 0.3) is 0 Å². The molecule has 0 saturated carbocycles. The maximum atomic E-state index is 5.95. The summed E-state index contributed by atoms with van der Waals surface area (Å²) in [5.41, 5.74) is 7.21. The molecule has 2 heteroatoms. The van der Waals surface area contributed by atoms with Gasteiger partial charge in [0.15, 0.2) is 0 Å². The fraction of sp³-hybridized carbons (Fsp3) is 0.455. The van der Waals surface area contributed by atoms with E-state index in [0.29, 0.717) is 5.92 Å². The Kier molecular flexibility index (Phi) is 3.76. The lowest BCUT2D eigenvalue weighted by Gasteiger charge is -2.15. The lowest BCUT2D eigenvalue weighted by molar-refractivity contribution is 0.490. The van der Waals surface area contributed by atoms with Crippen molar-refractivity contribution < 1.29 is 0 Å². The largest absolute Gasteiger partial charge is 0.327 e. The maximum absolute atomic E-state index is 5.95. The highest BCUT2D eigenvalue weighted by Crippen LogP contribution is 2.12. The molecule has 1 nitrogen and oxygen atoms in total. The Bertz CT molecular complexity index is 253. The number of rotatable bonds is 3. The first-order valence-corrected chi connectivity index (χ1v) is 4.97. The first-order chi connectivity index (χ1) is 6.09. The fourth-order valence-corrected chi connectivity index (χ4v) is 1.25. The summed E-state index contributed by atoms with van der Waals surface area (Å²) in [5, 5.41) is 0.780. The molecule has 1 aromatic carbocycles. The van der Waals surface area contributed by atoms with Crippen LogP contribution in [0.1, 0.15) is 19.4 Å². The first-order valence-electron chi connectivity index (χ1n) is 4.59. The van der Waals surface area contributed by atoms with Crippen LogP contribution in [-0.4, -0.2) is 6.04 Å². The van der Waals surface area contributed by atoms with Gasteiger partial charge in [0.05, 0.1) is 0 Å². The molecule has 0 aliphatic carbocycles. The quantitative estimate of drug-likeness (QED) is 0.793. The van der Waals surface area contributed by atoms with Gasteiger partial charge in [-0.1, -0.05) is 37.6 Å². The summed E-state index contributed by atoms with van der Waals surface area (Å²) in [5.74, 6) is 0.524. The van der Waals surface area contributed by atoms with Gasteiger partial charge >= 0.3 is 0 Å². The smallest absolute Gasteiger partial charge is 0.0406 e. The second-order valence-electron chi connectivity index (χ2n) is 3.74. The monoisotopic (exact) mass is 197 g/mol. The molecule has 0 aromatic heterocycles. The van der Waals surface area contributed by atoms with Crippen LogP contribution in [0.3, 0.4) is 0 Å². The van der Waals surface area contributed by atoms with Crippen molar-refractivity contribution in [2.24, 2.45) is 11.7 Å². The summed E-state index contributed by atoms with van der Waals surface area (Å²) in [4.78, 5) is 0. The average Bonchev–Trinajstić information content (AvgIpc) is 2.08. The molecule has 0 amide bonds. The van der Waals surface area contributed by atoms with Gasteiger partial charge in [-0.15, -0.1) is 0 Å². The molecule has 2 N–H and O–H groups in total. The van der Waals surface area contributed by atoms with Crippen molar-refractivity contribution in [3.8, 4) is 0 Å². The molecule has 0 saturated heterocycles. The van der Waals surface area contributed by atoms with Gasteiger partial charge in [-0.25, -0.2) is 0 Å². The number of halogens is 1. The molecule has 0 heterocycles. The number of nitrogens with two attached hydrogens (primary N) is 1. The van der Waals surface area contributed by atoms with Crippen molar-refractivity contribution in [2.75, 3.05) is 0 Å². The van der Waals surface area contributed by atoms with Gasteiger partial charge in [0.1, 0.15) is 0 Å². The summed E-state index contributed by atoms with van der Waals surface area (Å²) in [7, 11) is 0. The Morgan fingerprint density at radius 3 is 2.23 bits per heavy atom. The Balaban J connectivity index is 2.59. The van der Waals surface area contributed by atoms with Crippen LogP contribution in [0.15, 0.2) is 24.3 Å². The van der Waals surface area contributed by atoms with E-state index in [1.54, 1.807) is 0 Å². The second kappa shape index (κ2) is 4.64. The second-order valence-corrected chi connectivity index (χ2v) is 4.17. The molecule has 0 fully saturated rings. The molecule has 0 spiro atoms. The van der Waals surface area contributed by atoms with E-state index in [2.05, 4.69) is 13.8 Å².